The quantitative estimate of drug-likeness (QED) is 0.0131. The first-order valence-corrected chi connectivity index (χ1v) is 43.7. The molecule has 4 aromatic rings. The number of benzene rings is 2. The summed E-state index contributed by atoms with van der Waals surface area (Å²) in [6, 6.07) is -5.56. The van der Waals surface area contributed by atoms with Gasteiger partial charge in [-0.1, -0.05) is 50.2 Å². The zero-order chi connectivity index (χ0) is 91.4. The number of hydrogen-bond acceptors (Lipinski definition) is 21. The molecular formula is C84H134N26O15. The number of nitrogens with two attached hydrogens (primary N) is 8. The Kier molecular flexibility index (Phi) is 41.0. The molecule has 3 fully saturated rings. The van der Waals surface area contributed by atoms with Gasteiger partial charge in [-0.05, 0) is 211 Å². The van der Waals surface area contributed by atoms with Gasteiger partial charge in [0, 0.05) is 73.2 Å². The van der Waals surface area contributed by atoms with Crippen LogP contribution in [0.5, 0.6) is 0 Å². The fraction of sp³-hybridized carbons (Fsp3) is 0.619. The van der Waals surface area contributed by atoms with Gasteiger partial charge in [-0.3, -0.25) is 77.1 Å². The van der Waals surface area contributed by atoms with Crippen molar-refractivity contribution in [2.45, 2.75) is 273 Å². The Balaban J connectivity index is 1.30. The molecule has 2 aromatic carbocycles. The monoisotopic (exact) mass is 1750 g/mol. The number of carbonyl (C=O) groups is 14. The van der Waals surface area contributed by atoms with Crippen molar-refractivity contribution >= 4 is 116 Å². The van der Waals surface area contributed by atoms with Crippen LogP contribution in [0.3, 0.4) is 0 Å². The predicted molar refractivity (Wildman–Crippen MR) is 471 cm³/mol. The maximum atomic E-state index is 15.3. The number of nitrogens with one attached hydrogen (secondary N) is 14. The number of H-pyrrole nitrogens is 2. The summed E-state index contributed by atoms with van der Waals surface area (Å²) in [7, 11) is 0. The standard InChI is InChI=1S/C84H134N26O15/c1-47(2)42-63-76(119)98-48(3)69(112)99-58(27-11-15-35-86)72(115)101-60(30-18-38-93-83(89)90)74(117)102-61(31-19-39-94-84(91)92)75(118)106-64(43-51-45-95-55-24-8-6-22-53(51)55)77(120)103-59(28-12-16-36-87)73(116)100-57(26-10-14-34-85)71(114)97-49(4)70(113)104-62(29-13-17-37-88)81(124)110-41-21-33-67(110)82(125)109-40-20-32-66(109)79(122)108-68(50(5)111)80(123)107-65(78(121)105-63)44-52-46-96-56-25-9-7-23-54(52)56/h6-9,22-25,45-50,57-68,95-96,111H,10-21,26-44,85-88H2,1-5H3,(H,97,114)(H,98,119)(H,99,112)(H,100,116)(H,101,115)(H,102,117)(H,103,120)(H,104,113)(H,105,121)(H,106,118)(H,107,123)(H,108,122)(H4,89,90,93)(H4,91,92,94)/t48-,49-,50+,57-,58-,59-,60-,61-,62-,63-,64-,65-,66-,67+,68-/m0/s1. The number of guanidine groups is 2. The van der Waals surface area contributed by atoms with Gasteiger partial charge in [0.1, 0.15) is 84.6 Å². The number of fused-ring (bicyclic) bond motifs is 4. The molecule has 3 aliphatic rings. The lowest BCUT2D eigenvalue weighted by Gasteiger charge is -2.34. The summed E-state index contributed by atoms with van der Waals surface area (Å²) in [6.07, 6.45) is 4.63. The Morgan fingerprint density at radius 2 is 0.712 bits per heavy atom. The Bertz CT molecular complexity index is 4350. The van der Waals surface area contributed by atoms with Crippen molar-refractivity contribution in [3.05, 3.63) is 72.1 Å². The zero-order valence-corrected chi connectivity index (χ0v) is 72.5. The summed E-state index contributed by atoms with van der Waals surface area (Å²) in [6.45, 7) is 8.40. The number of nitrogens with zero attached hydrogens (tertiary/aromatic N) is 4. The Morgan fingerprint density at radius 1 is 0.384 bits per heavy atom. The van der Waals surface area contributed by atoms with Gasteiger partial charge < -0.3 is 135 Å². The smallest absolute Gasteiger partial charge is 0.246 e. The van der Waals surface area contributed by atoms with Crippen LogP contribution in [0.1, 0.15) is 181 Å². The number of hydrogen-bond donors (Lipinski definition) is 23. The van der Waals surface area contributed by atoms with Gasteiger partial charge in [0.15, 0.2) is 11.9 Å². The second-order valence-corrected chi connectivity index (χ2v) is 32.9. The number of aromatic nitrogens is 2. The second-order valence-electron chi connectivity index (χ2n) is 32.9. The van der Waals surface area contributed by atoms with Gasteiger partial charge in [0.25, 0.3) is 0 Å². The molecule has 0 saturated carbocycles. The number of aliphatic hydroxyl groups is 1. The molecule has 0 bridgehead atoms. The lowest BCUT2D eigenvalue weighted by Crippen LogP contribution is -2.62. The lowest BCUT2D eigenvalue weighted by molar-refractivity contribution is -0.148. The third kappa shape index (κ3) is 31.0. The summed E-state index contributed by atoms with van der Waals surface area (Å²) in [5.74, 6) is -12.6. The predicted octanol–water partition coefficient (Wildman–Crippen LogP) is -3.66. The second kappa shape index (κ2) is 51.0. The number of rotatable bonds is 31. The highest BCUT2D eigenvalue weighted by Gasteiger charge is 2.46. The minimum absolute atomic E-state index is 0.0116. The highest BCUT2D eigenvalue weighted by Crippen LogP contribution is 2.28. The number of carbonyl (C=O) groups excluding carboxylic acids is 14. The van der Waals surface area contributed by atoms with Crippen LogP contribution in [0.25, 0.3) is 21.8 Å². The molecule has 41 nitrogen and oxygen atoms in total. The van der Waals surface area contributed by atoms with E-state index in [2.05, 4.69) is 83.8 Å². The van der Waals surface area contributed by atoms with E-state index in [0.717, 1.165) is 0 Å². The molecule has 41 heteroatoms. The van der Waals surface area contributed by atoms with Crippen molar-refractivity contribution in [3.63, 3.8) is 0 Å². The van der Waals surface area contributed by atoms with Crippen LogP contribution in [0, 0.1) is 5.92 Å². The SMILES string of the molecule is CC(C)C[C@@H]1NC(=O)[C@H](Cc2c[nH]c3ccccc23)NC(=O)[C@H]([C@@H](C)O)NC(=O)[C@@H]2CCCN2C(=O)[C@H]2CCCN2C(=O)[C@H](CCCCN)NC(=O)[C@H](C)NC(=O)[C@H](CCCCN)NC(=O)[C@H](CCCCN)NC(=O)[C@H](Cc2c[nH]c3ccccc23)NC(=O)[C@H](CCCN=C(N)N)NC(=O)[C@H](CCCN=C(N)N)NC(=O)[C@H](CCCCN)NC(=O)[C@H](C)NC1=O. The van der Waals surface area contributed by atoms with Gasteiger partial charge in [-0.15, -0.1) is 0 Å². The number of aliphatic imine (C=N–C) groups is 2. The van der Waals surface area contributed by atoms with Crippen molar-refractivity contribution in [1.29, 1.82) is 0 Å². The summed E-state index contributed by atoms with van der Waals surface area (Å²) in [4.78, 5) is 226. The molecule has 3 saturated heterocycles. The number of para-hydroxylation sites is 2. The molecule has 2 aromatic heterocycles. The van der Waals surface area contributed by atoms with Gasteiger partial charge in [-0.2, -0.15) is 0 Å². The normalized spacial score (nSPS) is 25.0. The fourth-order valence-corrected chi connectivity index (χ4v) is 15.6. The highest BCUT2D eigenvalue weighted by molar-refractivity contribution is 6.02. The molecule has 7 rings (SSSR count). The minimum Gasteiger partial charge on any atom is -0.391 e. The molecule has 0 aliphatic carbocycles. The molecule has 125 heavy (non-hydrogen) atoms. The Morgan fingerprint density at radius 3 is 1.11 bits per heavy atom. The number of aliphatic hydroxyl groups excluding tert-OH is 1. The topological polar surface area (TPSA) is 675 Å². The molecule has 3 aliphatic heterocycles. The van der Waals surface area contributed by atoms with Crippen molar-refractivity contribution in [1.82, 2.24) is 83.6 Å². The first-order chi connectivity index (χ1) is 59.8. The molecule has 0 unspecified atom stereocenters. The van der Waals surface area contributed by atoms with E-state index in [4.69, 9.17) is 45.9 Å². The average molecular weight is 1750 g/mol. The molecule has 0 radical (unpaired) electrons. The third-order valence-corrected chi connectivity index (χ3v) is 22.5. The molecule has 31 N–H and O–H groups in total. The van der Waals surface area contributed by atoms with E-state index < -0.39 is 173 Å². The number of aromatic amines is 2. The maximum Gasteiger partial charge on any atom is 0.246 e. The van der Waals surface area contributed by atoms with Crippen LogP contribution < -0.4 is 110 Å². The van der Waals surface area contributed by atoms with Gasteiger partial charge >= 0.3 is 0 Å². The van der Waals surface area contributed by atoms with Crippen LogP contribution in [0.2, 0.25) is 0 Å². The summed E-state index contributed by atoms with van der Waals surface area (Å²) >= 11 is 0. The number of unbranched alkanes of at least 4 members (excludes halogenated alkanes) is 4. The first-order valence-electron chi connectivity index (χ1n) is 43.7. The van der Waals surface area contributed by atoms with E-state index in [1.807, 2.05) is 0 Å². The fourth-order valence-electron chi connectivity index (χ4n) is 15.6. The minimum atomic E-state index is -1.75. The lowest BCUT2D eigenvalue weighted by atomic mass is 10.00. The first kappa shape index (κ1) is 101. The van der Waals surface area contributed by atoms with Crippen molar-refractivity contribution in [3.8, 4) is 0 Å². The molecular weight excluding hydrogens is 1610 g/mol. The van der Waals surface area contributed by atoms with E-state index in [0.29, 0.717) is 84.3 Å². The van der Waals surface area contributed by atoms with Crippen molar-refractivity contribution in [2.75, 3.05) is 52.4 Å². The van der Waals surface area contributed by atoms with Crippen LogP contribution in [-0.4, -0.2) is 263 Å². The maximum absolute atomic E-state index is 15.3. The van der Waals surface area contributed by atoms with Crippen LogP contribution in [0.4, 0.5) is 0 Å². The zero-order valence-electron chi connectivity index (χ0n) is 72.5. The molecule has 690 valence electrons. The summed E-state index contributed by atoms with van der Waals surface area (Å²) in [5.41, 5.74) is 49.0. The van der Waals surface area contributed by atoms with Crippen LogP contribution >= 0.6 is 0 Å². The molecule has 0 spiro atoms. The van der Waals surface area contributed by atoms with E-state index in [1.54, 1.807) is 74.8 Å². The number of amides is 14. The molecule has 15 atom stereocenters. The average Bonchev–Trinajstić information content (AvgIpc) is 1.68. The Hall–Kier alpha value is -11.6. The van der Waals surface area contributed by atoms with Crippen molar-refractivity contribution in [2.24, 2.45) is 61.8 Å². The third-order valence-electron chi connectivity index (χ3n) is 22.5. The molecule has 14 amide bonds. The summed E-state index contributed by atoms with van der Waals surface area (Å²) in [5, 5.41) is 45.6. The van der Waals surface area contributed by atoms with Crippen molar-refractivity contribution < 1.29 is 72.2 Å². The van der Waals surface area contributed by atoms with Crippen LogP contribution in [0.15, 0.2) is 70.9 Å². The van der Waals surface area contributed by atoms with E-state index in [1.165, 1.54) is 30.6 Å². The highest BCUT2D eigenvalue weighted by atomic mass is 16.3. The summed E-state index contributed by atoms with van der Waals surface area (Å²) < 4.78 is 0. The Labute approximate surface area is 728 Å². The van der Waals surface area contributed by atoms with Gasteiger partial charge in [-0.25, -0.2) is 0 Å². The van der Waals surface area contributed by atoms with Gasteiger partial charge in [0.2, 0.25) is 82.7 Å². The van der Waals surface area contributed by atoms with Crippen LogP contribution in [-0.2, 0) is 80.0 Å². The largest absolute Gasteiger partial charge is 0.391 e. The van der Waals surface area contributed by atoms with E-state index in [9.17, 15) is 43.5 Å². The van der Waals surface area contributed by atoms with Gasteiger partial charge in [0.05, 0.1) is 6.10 Å². The van der Waals surface area contributed by atoms with E-state index >= 15 is 28.8 Å². The molecule has 5 heterocycles. The van der Waals surface area contributed by atoms with E-state index in [-0.39, 0.29) is 167 Å².